The third kappa shape index (κ3) is 4.47. The molecule has 0 bridgehead atoms. The Bertz CT molecular complexity index is 929. The summed E-state index contributed by atoms with van der Waals surface area (Å²) >= 11 is 0. The van der Waals surface area contributed by atoms with E-state index in [9.17, 15) is 19.7 Å². The quantitative estimate of drug-likeness (QED) is 0.595. The van der Waals surface area contributed by atoms with Crippen LogP contribution in [-0.4, -0.2) is 36.7 Å². The number of imide groups is 1. The van der Waals surface area contributed by atoms with Crippen molar-refractivity contribution < 1.29 is 28.7 Å². The van der Waals surface area contributed by atoms with Crippen molar-refractivity contribution in [3.8, 4) is 17.2 Å². The molecule has 0 spiro atoms. The Hall–Kier alpha value is -3.82. The number of anilines is 1. The summed E-state index contributed by atoms with van der Waals surface area (Å²) in [7, 11) is 0. The number of carbonyl (C=O) groups is 2. The van der Waals surface area contributed by atoms with Gasteiger partial charge in [0.05, 0.1) is 10.5 Å². The number of carbonyl (C=O) groups excluding carboxylic acids is 2. The maximum absolute atomic E-state index is 12.0. The molecule has 0 saturated carbocycles. The minimum atomic E-state index is -0.749. The highest BCUT2D eigenvalue weighted by atomic mass is 16.6. The van der Waals surface area contributed by atoms with Gasteiger partial charge in [0.25, 0.3) is 11.6 Å². The highest BCUT2D eigenvalue weighted by Crippen LogP contribution is 2.32. The number of amides is 3. The van der Waals surface area contributed by atoms with E-state index in [0.717, 1.165) is 0 Å². The van der Waals surface area contributed by atoms with Crippen molar-refractivity contribution in [2.45, 2.75) is 6.92 Å². The molecular formula is C18H17N3O7. The number of nitro benzene ring substituents is 1. The smallest absolute Gasteiger partial charge is 0.325 e. The van der Waals surface area contributed by atoms with Gasteiger partial charge in [0.15, 0.2) is 18.1 Å². The molecule has 146 valence electrons. The minimum absolute atomic E-state index is 0.116. The number of nitro groups is 1. The summed E-state index contributed by atoms with van der Waals surface area (Å²) in [5, 5.41) is 15.5. The van der Waals surface area contributed by atoms with E-state index in [4.69, 9.17) is 14.2 Å². The second kappa shape index (κ2) is 8.25. The lowest BCUT2D eigenvalue weighted by Gasteiger charge is -2.19. The normalized spacial score (nSPS) is 12.0. The van der Waals surface area contributed by atoms with Crippen LogP contribution in [0.3, 0.4) is 0 Å². The zero-order valence-corrected chi connectivity index (χ0v) is 14.9. The molecule has 0 saturated heterocycles. The highest BCUT2D eigenvalue weighted by molar-refractivity contribution is 6.01. The van der Waals surface area contributed by atoms with Gasteiger partial charge in [0.1, 0.15) is 19.0 Å². The van der Waals surface area contributed by atoms with E-state index in [1.165, 1.54) is 25.1 Å². The van der Waals surface area contributed by atoms with E-state index in [-0.39, 0.29) is 11.4 Å². The molecule has 2 N–H and O–H groups in total. The first kappa shape index (κ1) is 19.0. The number of hydrogen-bond donors (Lipinski definition) is 2. The van der Waals surface area contributed by atoms with E-state index in [1.54, 1.807) is 18.2 Å². The number of rotatable bonds is 5. The van der Waals surface area contributed by atoms with Crippen molar-refractivity contribution in [2.24, 2.45) is 0 Å². The van der Waals surface area contributed by atoms with Crippen molar-refractivity contribution in [3.05, 3.63) is 52.1 Å². The van der Waals surface area contributed by atoms with Gasteiger partial charge < -0.3 is 19.5 Å². The number of urea groups is 1. The van der Waals surface area contributed by atoms with Gasteiger partial charge in [-0.05, 0) is 25.1 Å². The lowest BCUT2D eigenvalue weighted by atomic mass is 10.2. The number of ether oxygens (including phenoxy) is 3. The van der Waals surface area contributed by atoms with Gasteiger partial charge in [-0.2, -0.15) is 0 Å². The van der Waals surface area contributed by atoms with Crippen LogP contribution in [0.5, 0.6) is 17.2 Å². The predicted octanol–water partition coefficient (Wildman–Crippen LogP) is 2.40. The van der Waals surface area contributed by atoms with Crippen molar-refractivity contribution in [1.29, 1.82) is 0 Å². The fraction of sp³-hybridized carbons (Fsp3) is 0.222. The van der Waals surface area contributed by atoms with Crippen LogP contribution in [0.1, 0.15) is 5.56 Å². The summed E-state index contributed by atoms with van der Waals surface area (Å²) in [6, 6.07) is 8.39. The first-order valence-electron chi connectivity index (χ1n) is 8.31. The molecule has 0 unspecified atom stereocenters. The maximum atomic E-state index is 12.0. The zero-order valence-electron chi connectivity index (χ0n) is 14.9. The van der Waals surface area contributed by atoms with Crippen LogP contribution in [0, 0.1) is 17.0 Å². The van der Waals surface area contributed by atoms with E-state index in [1.807, 2.05) is 0 Å². The fourth-order valence-corrected chi connectivity index (χ4v) is 2.55. The molecule has 1 heterocycles. The lowest BCUT2D eigenvalue weighted by molar-refractivity contribution is -0.385. The summed E-state index contributed by atoms with van der Waals surface area (Å²) in [5.74, 6) is 0.561. The van der Waals surface area contributed by atoms with Crippen LogP contribution in [0.4, 0.5) is 16.2 Å². The summed E-state index contributed by atoms with van der Waals surface area (Å²) in [6.07, 6.45) is 0. The molecule has 0 radical (unpaired) electrons. The van der Waals surface area contributed by atoms with Gasteiger partial charge in [-0.3, -0.25) is 20.2 Å². The molecule has 3 rings (SSSR count). The number of benzene rings is 2. The van der Waals surface area contributed by atoms with Crippen LogP contribution in [-0.2, 0) is 4.79 Å². The topological polar surface area (TPSA) is 129 Å². The second-order valence-corrected chi connectivity index (χ2v) is 5.81. The van der Waals surface area contributed by atoms with Crippen LogP contribution < -0.4 is 24.8 Å². The van der Waals surface area contributed by atoms with Crippen LogP contribution >= 0.6 is 0 Å². The van der Waals surface area contributed by atoms with Crippen LogP contribution in [0.25, 0.3) is 0 Å². The maximum Gasteiger partial charge on any atom is 0.325 e. The van der Waals surface area contributed by atoms with Gasteiger partial charge in [-0.15, -0.1) is 0 Å². The number of hydrogen-bond acceptors (Lipinski definition) is 7. The molecule has 2 aromatic rings. The molecular weight excluding hydrogens is 370 g/mol. The Morgan fingerprint density at radius 2 is 1.93 bits per heavy atom. The third-order valence-corrected chi connectivity index (χ3v) is 3.86. The van der Waals surface area contributed by atoms with E-state index < -0.39 is 23.5 Å². The van der Waals surface area contributed by atoms with Crippen molar-refractivity contribution >= 4 is 23.3 Å². The molecule has 0 aliphatic carbocycles. The van der Waals surface area contributed by atoms with Gasteiger partial charge >= 0.3 is 6.03 Å². The Morgan fingerprint density at radius 3 is 2.68 bits per heavy atom. The molecule has 28 heavy (non-hydrogen) atoms. The molecule has 10 heteroatoms. The first-order chi connectivity index (χ1) is 13.4. The summed E-state index contributed by atoms with van der Waals surface area (Å²) in [6.45, 7) is 1.91. The molecule has 10 nitrogen and oxygen atoms in total. The number of nitrogens with one attached hydrogen (secondary N) is 2. The first-order valence-corrected chi connectivity index (χ1v) is 8.31. The van der Waals surface area contributed by atoms with Crippen molar-refractivity contribution in [3.63, 3.8) is 0 Å². The molecule has 0 aromatic heterocycles. The second-order valence-electron chi connectivity index (χ2n) is 5.81. The molecule has 1 aliphatic rings. The Morgan fingerprint density at radius 1 is 1.18 bits per heavy atom. The summed E-state index contributed by atoms with van der Waals surface area (Å²) in [5.41, 5.74) is 0.597. The Labute approximate surface area is 159 Å². The van der Waals surface area contributed by atoms with Gasteiger partial charge in [-0.25, -0.2) is 4.79 Å². The minimum Gasteiger partial charge on any atom is -0.486 e. The van der Waals surface area contributed by atoms with Crippen LogP contribution in [0.15, 0.2) is 36.4 Å². The fourth-order valence-electron chi connectivity index (χ4n) is 2.55. The Kier molecular flexibility index (Phi) is 5.58. The molecule has 2 aromatic carbocycles. The van der Waals surface area contributed by atoms with Crippen molar-refractivity contribution in [2.75, 3.05) is 25.1 Å². The Balaban J connectivity index is 1.53. The van der Waals surface area contributed by atoms with Gasteiger partial charge in [0, 0.05) is 17.8 Å². The largest absolute Gasteiger partial charge is 0.486 e. The summed E-state index contributed by atoms with van der Waals surface area (Å²) in [4.78, 5) is 34.2. The predicted molar refractivity (Wildman–Crippen MR) is 97.9 cm³/mol. The number of fused-ring (bicyclic) bond motifs is 1. The molecule has 1 aliphatic heterocycles. The standard InChI is InChI=1S/C18H17N3O7/c1-11-13(21(24)25)3-2-4-14(11)28-10-17(22)20-18(23)19-12-5-6-15-16(9-12)27-8-7-26-15/h2-6,9H,7-8,10H2,1H3,(H2,19,20,22,23). The molecule has 0 fully saturated rings. The van der Waals surface area contributed by atoms with Crippen molar-refractivity contribution in [1.82, 2.24) is 5.32 Å². The average molecular weight is 387 g/mol. The molecule has 3 amide bonds. The average Bonchev–Trinajstić information content (AvgIpc) is 2.66. The van der Waals surface area contributed by atoms with Gasteiger partial charge in [0.2, 0.25) is 0 Å². The number of nitrogens with zero attached hydrogens (tertiary/aromatic N) is 1. The van der Waals surface area contributed by atoms with E-state index >= 15 is 0 Å². The lowest BCUT2D eigenvalue weighted by Crippen LogP contribution is -2.37. The zero-order chi connectivity index (χ0) is 20.1. The van der Waals surface area contributed by atoms with E-state index in [0.29, 0.717) is 36.0 Å². The van der Waals surface area contributed by atoms with Crippen LogP contribution in [0.2, 0.25) is 0 Å². The summed E-state index contributed by atoms with van der Waals surface area (Å²) < 4.78 is 16.1. The SMILES string of the molecule is Cc1c(OCC(=O)NC(=O)Nc2ccc3c(c2)OCCO3)cccc1[N+](=O)[O-]. The monoisotopic (exact) mass is 387 g/mol. The molecule has 0 atom stereocenters. The highest BCUT2D eigenvalue weighted by Gasteiger charge is 2.16. The van der Waals surface area contributed by atoms with E-state index in [2.05, 4.69) is 10.6 Å². The third-order valence-electron chi connectivity index (χ3n) is 3.86. The van der Waals surface area contributed by atoms with Gasteiger partial charge in [-0.1, -0.05) is 6.07 Å².